The summed E-state index contributed by atoms with van der Waals surface area (Å²) in [5.41, 5.74) is 1.18. The van der Waals surface area contributed by atoms with Crippen LogP contribution >= 0.6 is 11.6 Å². The van der Waals surface area contributed by atoms with E-state index in [0.717, 1.165) is 12.8 Å². The number of rotatable bonds is 6. The Balaban J connectivity index is 1.55. The summed E-state index contributed by atoms with van der Waals surface area (Å²) in [6.45, 7) is 1.66. The van der Waals surface area contributed by atoms with Gasteiger partial charge in [-0.25, -0.2) is 0 Å². The number of hydrogen-bond acceptors (Lipinski definition) is 3. The normalized spacial score (nSPS) is 14.5. The summed E-state index contributed by atoms with van der Waals surface area (Å²) >= 11 is 5.90. The molecule has 0 heterocycles. The molecule has 1 aliphatic rings. The quantitative estimate of drug-likeness (QED) is 0.828. The molecule has 2 N–H and O–H groups in total. The van der Waals surface area contributed by atoms with E-state index in [1.54, 1.807) is 55.5 Å². The van der Waals surface area contributed by atoms with Gasteiger partial charge in [0, 0.05) is 22.3 Å². The van der Waals surface area contributed by atoms with Crippen molar-refractivity contribution in [2.75, 3.05) is 5.32 Å². The van der Waals surface area contributed by atoms with Crippen LogP contribution in [0.2, 0.25) is 5.02 Å². The molecule has 1 fully saturated rings. The van der Waals surface area contributed by atoms with Gasteiger partial charge in [-0.1, -0.05) is 17.7 Å². The van der Waals surface area contributed by atoms with Gasteiger partial charge in [0.2, 0.25) is 0 Å². The molecule has 0 saturated heterocycles. The minimum absolute atomic E-state index is 0.0852. The molecule has 25 heavy (non-hydrogen) atoms. The predicted molar refractivity (Wildman–Crippen MR) is 97.1 cm³/mol. The molecule has 0 radical (unpaired) electrons. The predicted octanol–water partition coefficient (Wildman–Crippen LogP) is 3.64. The summed E-state index contributed by atoms with van der Waals surface area (Å²) in [4.78, 5) is 24.2. The Kier molecular flexibility index (Phi) is 5.24. The molecule has 0 aliphatic heterocycles. The fraction of sp³-hybridized carbons (Fsp3) is 0.263. The maximum Gasteiger partial charge on any atom is 0.265 e. The van der Waals surface area contributed by atoms with Crippen LogP contribution in [-0.2, 0) is 4.79 Å². The van der Waals surface area contributed by atoms with Gasteiger partial charge < -0.3 is 15.4 Å². The van der Waals surface area contributed by atoms with Gasteiger partial charge in [-0.3, -0.25) is 9.59 Å². The third-order valence-corrected chi connectivity index (χ3v) is 4.04. The molecule has 1 aliphatic carbocycles. The first-order chi connectivity index (χ1) is 12.0. The second-order valence-corrected chi connectivity index (χ2v) is 6.47. The smallest absolute Gasteiger partial charge is 0.265 e. The average molecular weight is 359 g/mol. The summed E-state index contributed by atoms with van der Waals surface area (Å²) in [5, 5.41) is 6.24. The van der Waals surface area contributed by atoms with Crippen molar-refractivity contribution in [2.45, 2.75) is 31.9 Å². The highest BCUT2D eigenvalue weighted by Crippen LogP contribution is 2.20. The molecule has 6 heteroatoms. The van der Waals surface area contributed by atoms with Crippen molar-refractivity contribution in [3.8, 4) is 5.75 Å². The standard InChI is InChI=1S/C19H19ClN2O3/c1-12(25-17-4-2-3-14(20)11-17)18(23)21-15-7-5-13(6-8-15)19(24)22-16-9-10-16/h2-8,11-12,16H,9-10H2,1H3,(H,21,23)(H,22,24)/t12-/m0/s1. The Morgan fingerprint density at radius 2 is 1.88 bits per heavy atom. The molecule has 2 aromatic rings. The Morgan fingerprint density at radius 1 is 1.16 bits per heavy atom. The molecule has 0 unspecified atom stereocenters. The molecular formula is C19H19ClN2O3. The van der Waals surface area contributed by atoms with Crippen LogP contribution in [0.3, 0.4) is 0 Å². The summed E-state index contributed by atoms with van der Waals surface area (Å²) < 4.78 is 5.58. The van der Waals surface area contributed by atoms with E-state index < -0.39 is 6.10 Å². The van der Waals surface area contributed by atoms with Gasteiger partial charge in [0.05, 0.1) is 0 Å². The van der Waals surface area contributed by atoms with Crippen LogP contribution in [0.5, 0.6) is 5.75 Å². The van der Waals surface area contributed by atoms with E-state index in [2.05, 4.69) is 10.6 Å². The Morgan fingerprint density at radius 3 is 2.52 bits per heavy atom. The topological polar surface area (TPSA) is 67.4 Å². The molecule has 130 valence electrons. The van der Waals surface area contributed by atoms with Crippen molar-refractivity contribution in [2.24, 2.45) is 0 Å². The van der Waals surface area contributed by atoms with Gasteiger partial charge >= 0.3 is 0 Å². The highest BCUT2D eigenvalue weighted by atomic mass is 35.5. The maximum atomic E-state index is 12.2. The van der Waals surface area contributed by atoms with E-state index in [1.165, 1.54) is 0 Å². The van der Waals surface area contributed by atoms with Crippen molar-refractivity contribution in [3.05, 3.63) is 59.1 Å². The number of hydrogen-bond donors (Lipinski definition) is 2. The second kappa shape index (κ2) is 7.57. The lowest BCUT2D eigenvalue weighted by atomic mass is 10.2. The van der Waals surface area contributed by atoms with E-state index in [9.17, 15) is 9.59 Å². The number of carbonyl (C=O) groups is 2. The lowest BCUT2D eigenvalue weighted by Crippen LogP contribution is -2.30. The molecule has 1 saturated carbocycles. The van der Waals surface area contributed by atoms with Crippen LogP contribution < -0.4 is 15.4 Å². The monoisotopic (exact) mass is 358 g/mol. The minimum Gasteiger partial charge on any atom is -0.481 e. The fourth-order valence-corrected chi connectivity index (χ4v) is 2.42. The van der Waals surface area contributed by atoms with Crippen LogP contribution in [0.25, 0.3) is 0 Å². The zero-order chi connectivity index (χ0) is 17.8. The molecule has 2 aromatic carbocycles. The summed E-state index contributed by atoms with van der Waals surface area (Å²) in [6, 6.07) is 14.0. The van der Waals surface area contributed by atoms with Crippen LogP contribution in [0.4, 0.5) is 5.69 Å². The molecule has 0 spiro atoms. The molecule has 5 nitrogen and oxygen atoms in total. The zero-order valence-corrected chi connectivity index (χ0v) is 14.5. The van der Waals surface area contributed by atoms with E-state index in [4.69, 9.17) is 16.3 Å². The van der Waals surface area contributed by atoms with E-state index in [1.807, 2.05) is 0 Å². The molecule has 0 bridgehead atoms. The number of carbonyl (C=O) groups excluding carboxylic acids is 2. The van der Waals surface area contributed by atoms with Gasteiger partial charge in [-0.15, -0.1) is 0 Å². The largest absolute Gasteiger partial charge is 0.481 e. The first-order valence-corrected chi connectivity index (χ1v) is 8.53. The highest BCUT2D eigenvalue weighted by molar-refractivity contribution is 6.30. The SMILES string of the molecule is C[C@H](Oc1cccc(Cl)c1)C(=O)Nc1ccc(C(=O)NC2CC2)cc1. The Hall–Kier alpha value is -2.53. The lowest BCUT2D eigenvalue weighted by Gasteiger charge is -2.15. The van der Waals surface area contributed by atoms with Crippen molar-refractivity contribution in [1.29, 1.82) is 0 Å². The van der Waals surface area contributed by atoms with Crippen molar-refractivity contribution < 1.29 is 14.3 Å². The maximum absolute atomic E-state index is 12.2. The summed E-state index contributed by atoms with van der Waals surface area (Å²) in [7, 11) is 0. The second-order valence-electron chi connectivity index (χ2n) is 6.03. The third kappa shape index (κ3) is 4.97. The first-order valence-electron chi connectivity index (χ1n) is 8.15. The van der Waals surface area contributed by atoms with Crippen LogP contribution in [0, 0.1) is 0 Å². The lowest BCUT2D eigenvalue weighted by molar-refractivity contribution is -0.122. The number of ether oxygens (including phenoxy) is 1. The Labute approximate surface area is 151 Å². The van der Waals surface area contributed by atoms with Crippen LogP contribution in [0.15, 0.2) is 48.5 Å². The average Bonchev–Trinajstić information content (AvgIpc) is 3.39. The van der Waals surface area contributed by atoms with Crippen molar-refractivity contribution in [1.82, 2.24) is 5.32 Å². The molecule has 1 atom stereocenters. The fourth-order valence-electron chi connectivity index (χ4n) is 2.24. The van der Waals surface area contributed by atoms with E-state index in [0.29, 0.717) is 28.1 Å². The summed E-state index contributed by atoms with van der Waals surface area (Å²) in [5.74, 6) is 0.162. The number of benzene rings is 2. The molecule has 2 amide bonds. The van der Waals surface area contributed by atoms with E-state index in [-0.39, 0.29) is 11.8 Å². The highest BCUT2D eigenvalue weighted by Gasteiger charge is 2.23. The third-order valence-electron chi connectivity index (χ3n) is 3.81. The van der Waals surface area contributed by atoms with Gasteiger partial charge in [0.1, 0.15) is 5.75 Å². The minimum atomic E-state index is -0.684. The van der Waals surface area contributed by atoms with Crippen molar-refractivity contribution in [3.63, 3.8) is 0 Å². The zero-order valence-electron chi connectivity index (χ0n) is 13.8. The van der Waals surface area contributed by atoms with Gasteiger partial charge in [-0.2, -0.15) is 0 Å². The van der Waals surface area contributed by atoms with Gasteiger partial charge in [0.15, 0.2) is 6.10 Å². The molecule has 0 aromatic heterocycles. The van der Waals surface area contributed by atoms with Crippen LogP contribution in [-0.4, -0.2) is 24.0 Å². The van der Waals surface area contributed by atoms with Gasteiger partial charge in [0.25, 0.3) is 11.8 Å². The number of amides is 2. The van der Waals surface area contributed by atoms with Crippen molar-refractivity contribution >= 4 is 29.1 Å². The number of nitrogens with one attached hydrogen (secondary N) is 2. The molecular weight excluding hydrogens is 340 g/mol. The van der Waals surface area contributed by atoms with E-state index >= 15 is 0 Å². The Bertz CT molecular complexity index is 772. The summed E-state index contributed by atoms with van der Waals surface area (Å²) in [6.07, 6.45) is 1.41. The van der Waals surface area contributed by atoms with Crippen LogP contribution in [0.1, 0.15) is 30.1 Å². The van der Waals surface area contributed by atoms with Gasteiger partial charge in [-0.05, 0) is 62.2 Å². The molecule has 3 rings (SSSR count). The number of anilines is 1. The number of halogens is 1. The first kappa shape index (κ1) is 17.3.